The van der Waals surface area contributed by atoms with Crippen LogP contribution >= 0.6 is 0 Å². The van der Waals surface area contributed by atoms with Crippen molar-refractivity contribution in [3.8, 4) is 0 Å². The molecule has 0 aromatic heterocycles. The van der Waals surface area contributed by atoms with Gasteiger partial charge in [0.25, 0.3) is 8.32 Å². The molecule has 2 aromatic rings. The van der Waals surface area contributed by atoms with E-state index >= 15 is 0 Å². The summed E-state index contributed by atoms with van der Waals surface area (Å²) in [7, 11) is -2.59. The molecule has 29 heavy (non-hydrogen) atoms. The molecule has 0 amide bonds. The average Bonchev–Trinajstić information content (AvgIpc) is 2.71. The Morgan fingerprint density at radius 2 is 1.48 bits per heavy atom. The molecule has 2 nitrogen and oxygen atoms in total. The van der Waals surface area contributed by atoms with Crippen molar-refractivity contribution in [2.24, 2.45) is 0 Å². The van der Waals surface area contributed by atoms with Crippen LogP contribution in [0.4, 0.5) is 0 Å². The highest BCUT2D eigenvalue weighted by molar-refractivity contribution is 6.99. The Labute approximate surface area is 178 Å². The van der Waals surface area contributed by atoms with Gasteiger partial charge in [-0.15, -0.1) is 0 Å². The van der Waals surface area contributed by atoms with Crippen LogP contribution in [0.3, 0.4) is 0 Å². The lowest BCUT2D eigenvalue weighted by Crippen LogP contribution is -2.67. The molecule has 1 atom stereocenters. The fourth-order valence-electron chi connectivity index (χ4n) is 4.14. The van der Waals surface area contributed by atoms with E-state index in [4.69, 9.17) is 4.43 Å². The third kappa shape index (κ3) is 5.69. The third-order valence-corrected chi connectivity index (χ3v) is 10.8. The molecule has 2 rings (SSSR count). The molecule has 0 aliphatic rings. The lowest BCUT2D eigenvalue weighted by molar-refractivity contribution is 0.205. The average molecular weight is 411 g/mol. The normalized spacial score (nSPS) is 14.1. The first-order valence-corrected chi connectivity index (χ1v) is 12.8. The van der Waals surface area contributed by atoms with E-state index < -0.39 is 8.32 Å². The molecule has 1 N–H and O–H groups in total. The predicted octanol–water partition coefficient (Wildman–Crippen LogP) is 5.45. The molecule has 1 unspecified atom stereocenters. The van der Waals surface area contributed by atoms with Crippen LogP contribution in [-0.2, 0) is 4.43 Å². The van der Waals surface area contributed by atoms with Crippen LogP contribution in [0.1, 0.15) is 60.3 Å². The summed E-state index contributed by atoms with van der Waals surface area (Å²) in [5.74, 6) is 0. The van der Waals surface area contributed by atoms with Crippen LogP contribution in [0.5, 0.6) is 0 Å². The van der Waals surface area contributed by atoms with Gasteiger partial charge in [-0.3, -0.25) is 0 Å². The fraction of sp³-hybridized carbons (Fsp3) is 0.462. The van der Waals surface area contributed by atoms with Gasteiger partial charge in [0, 0.05) is 0 Å². The van der Waals surface area contributed by atoms with Crippen LogP contribution in [-0.4, -0.2) is 26.1 Å². The highest BCUT2D eigenvalue weighted by atomic mass is 28.4. The molecule has 0 saturated heterocycles. The zero-order valence-corrected chi connectivity index (χ0v) is 19.8. The van der Waals surface area contributed by atoms with Gasteiger partial charge in [-0.2, -0.15) is 0 Å². The Hall–Kier alpha value is -1.68. The monoisotopic (exact) mass is 410 g/mol. The van der Waals surface area contributed by atoms with Crippen molar-refractivity contribution >= 4 is 18.7 Å². The second-order valence-electron chi connectivity index (χ2n) is 8.90. The number of aliphatic hydroxyl groups is 1. The SMILES string of the molecule is CCCCCC(O[Si](c1ccccc1)(c1ccccc1)C(C)(C)C)/C(C)=C/CO. The van der Waals surface area contributed by atoms with E-state index in [-0.39, 0.29) is 17.7 Å². The van der Waals surface area contributed by atoms with E-state index in [9.17, 15) is 5.11 Å². The molecule has 2 aromatic carbocycles. The first kappa shape index (κ1) is 23.6. The molecule has 0 saturated carbocycles. The molecule has 0 fully saturated rings. The van der Waals surface area contributed by atoms with Crippen molar-refractivity contribution in [3.05, 3.63) is 72.3 Å². The standard InChI is InChI=1S/C26H38O2Si/c1-6-7-10-19-25(22(2)20-21-27)28-29(26(3,4)5,23-15-11-8-12-16-23)24-17-13-9-14-18-24/h8-9,11-18,20,25,27H,6-7,10,19,21H2,1-5H3/b22-20+. The zero-order valence-electron chi connectivity index (χ0n) is 18.8. The van der Waals surface area contributed by atoms with E-state index in [0.717, 1.165) is 18.4 Å². The fourth-order valence-corrected chi connectivity index (χ4v) is 8.88. The smallest absolute Gasteiger partial charge is 0.261 e. The lowest BCUT2D eigenvalue weighted by atomic mass is 10.0. The van der Waals surface area contributed by atoms with E-state index in [1.165, 1.54) is 23.2 Å². The summed E-state index contributed by atoms with van der Waals surface area (Å²) < 4.78 is 7.30. The van der Waals surface area contributed by atoms with Crippen LogP contribution in [0.2, 0.25) is 5.04 Å². The van der Waals surface area contributed by atoms with Gasteiger partial charge in [0.15, 0.2) is 0 Å². The number of benzene rings is 2. The molecular weight excluding hydrogens is 372 g/mol. The summed E-state index contributed by atoms with van der Waals surface area (Å²) in [6.45, 7) is 11.3. The Balaban J connectivity index is 2.63. The summed E-state index contributed by atoms with van der Waals surface area (Å²) in [6, 6.07) is 21.6. The molecule has 0 heterocycles. The molecule has 0 spiro atoms. The van der Waals surface area contributed by atoms with E-state index in [1.807, 2.05) is 6.08 Å². The number of unbranched alkanes of at least 4 members (excludes halogenated alkanes) is 2. The van der Waals surface area contributed by atoms with Gasteiger partial charge in [-0.1, -0.05) is 114 Å². The summed E-state index contributed by atoms with van der Waals surface area (Å²) in [4.78, 5) is 0. The Kier molecular flexibility index (Phi) is 8.88. The second kappa shape index (κ2) is 10.9. The van der Waals surface area contributed by atoms with Crippen molar-refractivity contribution in [1.82, 2.24) is 0 Å². The number of aliphatic hydroxyl groups excluding tert-OH is 1. The third-order valence-electron chi connectivity index (χ3n) is 5.73. The maximum Gasteiger partial charge on any atom is 0.261 e. The number of hydrogen-bond donors (Lipinski definition) is 1. The van der Waals surface area contributed by atoms with Crippen molar-refractivity contribution < 1.29 is 9.53 Å². The Morgan fingerprint density at radius 3 is 1.90 bits per heavy atom. The van der Waals surface area contributed by atoms with Gasteiger partial charge >= 0.3 is 0 Å². The summed E-state index contributed by atoms with van der Waals surface area (Å²) in [5.41, 5.74) is 1.14. The van der Waals surface area contributed by atoms with Crippen LogP contribution in [0.15, 0.2) is 72.3 Å². The minimum atomic E-state index is -2.59. The molecule has 158 valence electrons. The minimum Gasteiger partial charge on any atom is -0.401 e. The van der Waals surface area contributed by atoms with Crippen LogP contribution < -0.4 is 10.4 Å². The highest BCUT2D eigenvalue weighted by Gasteiger charge is 2.51. The molecular formula is C26H38O2Si. The summed E-state index contributed by atoms with van der Waals surface area (Å²) in [5, 5.41) is 12.1. The highest BCUT2D eigenvalue weighted by Crippen LogP contribution is 2.38. The Morgan fingerprint density at radius 1 is 0.966 bits per heavy atom. The number of rotatable bonds is 10. The minimum absolute atomic E-state index is 0.0139. The lowest BCUT2D eigenvalue weighted by Gasteiger charge is -2.45. The second-order valence-corrected chi connectivity index (χ2v) is 13.1. The van der Waals surface area contributed by atoms with Crippen LogP contribution in [0, 0.1) is 0 Å². The maximum atomic E-state index is 9.53. The van der Waals surface area contributed by atoms with Gasteiger partial charge in [0.1, 0.15) is 0 Å². The van der Waals surface area contributed by atoms with Gasteiger partial charge in [-0.05, 0) is 34.3 Å². The van der Waals surface area contributed by atoms with Gasteiger partial charge < -0.3 is 9.53 Å². The molecule has 0 aliphatic carbocycles. The number of hydrogen-bond acceptors (Lipinski definition) is 2. The van der Waals surface area contributed by atoms with E-state index in [1.54, 1.807) is 0 Å². The summed E-state index contributed by atoms with van der Waals surface area (Å²) in [6.07, 6.45) is 6.44. The zero-order chi connectivity index (χ0) is 21.3. The Bertz CT molecular complexity index is 708. The first-order chi connectivity index (χ1) is 13.9. The van der Waals surface area contributed by atoms with Gasteiger partial charge in [0.05, 0.1) is 12.7 Å². The van der Waals surface area contributed by atoms with Gasteiger partial charge in [-0.25, -0.2) is 0 Å². The topological polar surface area (TPSA) is 29.5 Å². The quantitative estimate of drug-likeness (QED) is 0.320. The molecule has 0 radical (unpaired) electrons. The van der Waals surface area contributed by atoms with Crippen molar-refractivity contribution in [3.63, 3.8) is 0 Å². The van der Waals surface area contributed by atoms with Crippen molar-refractivity contribution in [2.75, 3.05) is 6.61 Å². The van der Waals surface area contributed by atoms with Crippen molar-refractivity contribution in [2.45, 2.75) is 71.4 Å². The van der Waals surface area contributed by atoms with E-state index in [0.29, 0.717) is 0 Å². The van der Waals surface area contributed by atoms with Gasteiger partial charge in [0.2, 0.25) is 0 Å². The van der Waals surface area contributed by atoms with Crippen molar-refractivity contribution in [1.29, 1.82) is 0 Å². The maximum absolute atomic E-state index is 9.53. The largest absolute Gasteiger partial charge is 0.401 e. The molecule has 0 aliphatic heterocycles. The molecule has 3 heteroatoms. The van der Waals surface area contributed by atoms with E-state index in [2.05, 4.69) is 95.3 Å². The first-order valence-electron chi connectivity index (χ1n) is 10.9. The summed E-state index contributed by atoms with van der Waals surface area (Å²) >= 11 is 0. The predicted molar refractivity (Wildman–Crippen MR) is 127 cm³/mol. The van der Waals surface area contributed by atoms with Crippen LogP contribution in [0.25, 0.3) is 0 Å². The molecule has 0 bridgehead atoms.